The van der Waals surface area contributed by atoms with Crippen LogP contribution in [-0.4, -0.2) is 33.0 Å². The zero-order valence-corrected chi connectivity index (χ0v) is 16.5. The number of nitrogens with two attached hydrogens (primary N) is 1. The van der Waals surface area contributed by atoms with Gasteiger partial charge in [-0.1, -0.05) is 26.2 Å². The Hall–Kier alpha value is -1.93. The predicted octanol–water partition coefficient (Wildman–Crippen LogP) is 1.59. The molecule has 1 aliphatic heterocycles. The van der Waals surface area contributed by atoms with E-state index >= 15 is 0 Å². The van der Waals surface area contributed by atoms with Crippen LogP contribution in [0.15, 0.2) is 9.59 Å². The highest BCUT2D eigenvalue weighted by Gasteiger charge is 2.28. The van der Waals surface area contributed by atoms with Gasteiger partial charge in [-0.25, -0.2) is 4.79 Å². The minimum Gasteiger partial charge on any atom is -0.368 e. The van der Waals surface area contributed by atoms with Crippen LogP contribution in [0.25, 0.3) is 10.2 Å². The summed E-state index contributed by atoms with van der Waals surface area (Å²) in [6, 6.07) is -0.0754. The van der Waals surface area contributed by atoms with Crippen molar-refractivity contribution in [3.63, 3.8) is 0 Å². The van der Waals surface area contributed by atoms with Gasteiger partial charge in [-0.3, -0.25) is 23.6 Å². The molecule has 0 bridgehead atoms. The molecule has 1 fully saturated rings. The molecule has 7 nitrogen and oxygen atoms in total. The quantitative estimate of drug-likeness (QED) is 0.858. The van der Waals surface area contributed by atoms with E-state index in [0.717, 1.165) is 68.6 Å². The summed E-state index contributed by atoms with van der Waals surface area (Å²) in [5, 5.41) is 0.636. The first-order valence-electron chi connectivity index (χ1n) is 9.81. The van der Waals surface area contributed by atoms with Gasteiger partial charge in [-0.15, -0.1) is 11.3 Å². The maximum absolute atomic E-state index is 13.4. The van der Waals surface area contributed by atoms with E-state index in [1.165, 1.54) is 20.5 Å². The molecule has 8 heteroatoms. The van der Waals surface area contributed by atoms with Crippen LogP contribution in [0.2, 0.25) is 0 Å². The molecule has 3 heterocycles. The van der Waals surface area contributed by atoms with Crippen LogP contribution in [0.5, 0.6) is 0 Å². The van der Waals surface area contributed by atoms with Crippen molar-refractivity contribution in [3.05, 3.63) is 31.3 Å². The van der Waals surface area contributed by atoms with E-state index in [1.807, 2.05) is 0 Å². The van der Waals surface area contributed by atoms with Crippen LogP contribution >= 0.6 is 11.3 Å². The minimum absolute atomic E-state index is 0.0754. The molecule has 0 unspecified atom stereocenters. The molecule has 0 radical (unpaired) electrons. The second-order valence-electron chi connectivity index (χ2n) is 7.60. The molecule has 27 heavy (non-hydrogen) atoms. The maximum Gasteiger partial charge on any atom is 0.332 e. The molecular weight excluding hydrogens is 364 g/mol. The van der Waals surface area contributed by atoms with Crippen LogP contribution in [0.1, 0.15) is 55.5 Å². The Morgan fingerprint density at radius 3 is 2.63 bits per heavy atom. The average Bonchev–Trinajstić information content (AvgIpc) is 3.04. The number of hydrogen-bond donors (Lipinski definition) is 1. The van der Waals surface area contributed by atoms with Gasteiger partial charge >= 0.3 is 5.69 Å². The summed E-state index contributed by atoms with van der Waals surface area (Å²) in [7, 11) is 0. The lowest BCUT2D eigenvalue weighted by Gasteiger charge is -2.25. The molecule has 2 aromatic rings. The number of nitrogens with zero attached hydrogens (tertiary/aromatic N) is 3. The van der Waals surface area contributed by atoms with Crippen molar-refractivity contribution in [1.82, 2.24) is 14.0 Å². The molecule has 146 valence electrons. The average molecular weight is 391 g/mol. The first-order valence-corrected chi connectivity index (χ1v) is 10.6. The van der Waals surface area contributed by atoms with E-state index in [1.54, 1.807) is 0 Å². The van der Waals surface area contributed by atoms with Crippen LogP contribution in [-0.2, 0) is 24.3 Å². The largest absolute Gasteiger partial charge is 0.368 e. The molecule has 0 spiro atoms. The number of hydrogen-bond acceptors (Lipinski definition) is 5. The van der Waals surface area contributed by atoms with Gasteiger partial charge in [0.15, 0.2) is 0 Å². The summed E-state index contributed by atoms with van der Waals surface area (Å²) in [5.41, 5.74) is 5.93. The second kappa shape index (κ2) is 7.24. The number of rotatable bonds is 4. The van der Waals surface area contributed by atoms with Gasteiger partial charge in [0, 0.05) is 24.0 Å². The highest BCUT2D eigenvalue weighted by Crippen LogP contribution is 2.34. The van der Waals surface area contributed by atoms with Gasteiger partial charge in [-0.2, -0.15) is 0 Å². The molecule has 2 N–H and O–H groups in total. The lowest BCUT2D eigenvalue weighted by Crippen LogP contribution is -2.44. The highest BCUT2D eigenvalue weighted by molar-refractivity contribution is 7.18. The van der Waals surface area contributed by atoms with Gasteiger partial charge < -0.3 is 5.73 Å². The fourth-order valence-corrected chi connectivity index (χ4v) is 5.88. The van der Waals surface area contributed by atoms with E-state index in [0.29, 0.717) is 10.2 Å². The van der Waals surface area contributed by atoms with Gasteiger partial charge in [0.2, 0.25) is 5.91 Å². The van der Waals surface area contributed by atoms with Crippen molar-refractivity contribution >= 4 is 27.5 Å². The molecule has 0 aromatic carbocycles. The number of likely N-dealkylation sites (N-methyl/N-ethyl adjacent to an activating group) is 1. The summed E-state index contributed by atoms with van der Waals surface area (Å²) >= 11 is 1.47. The minimum atomic E-state index is -0.561. The SMILES string of the molecule is CCN1CCc2c(sc3c2c(=O)n(C2CCCCC2)c(=O)n3CC(N)=O)C1. The number of amides is 1. The van der Waals surface area contributed by atoms with Crippen LogP contribution in [0.4, 0.5) is 0 Å². The normalized spacial score (nSPS) is 18.7. The van der Waals surface area contributed by atoms with Crippen molar-refractivity contribution in [2.45, 2.75) is 64.6 Å². The number of carbonyl (C=O) groups excluding carboxylic acids is 1. The molecule has 4 rings (SSSR count). The molecule has 2 aromatic heterocycles. The van der Waals surface area contributed by atoms with Crippen molar-refractivity contribution in [2.24, 2.45) is 5.73 Å². The Morgan fingerprint density at radius 1 is 1.22 bits per heavy atom. The Balaban J connectivity index is 1.98. The standard InChI is InChI=1S/C19H26N4O3S/c1-2-21-9-8-13-14(10-21)27-18-16(13)17(25)23(12-6-4-3-5-7-12)19(26)22(18)11-15(20)24/h12H,2-11H2,1H3,(H2,20,24). The van der Waals surface area contributed by atoms with E-state index in [-0.39, 0.29) is 23.8 Å². The number of carbonyl (C=O) groups is 1. The number of aromatic nitrogens is 2. The third kappa shape index (κ3) is 3.14. The fourth-order valence-electron chi connectivity index (χ4n) is 4.50. The third-order valence-corrected chi connectivity index (χ3v) is 7.17. The van der Waals surface area contributed by atoms with Crippen molar-refractivity contribution in [3.8, 4) is 0 Å². The number of thiophene rings is 1. The zero-order chi connectivity index (χ0) is 19.1. The van der Waals surface area contributed by atoms with Gasteiger partial charge in [0.25, 0.3) is 5.56 Å². The third-order valence-electron chi connectivity index (χ3n) is 5.93. The lowest BCUT2D eigenvalue weighted by molar-refractivity contribution is -0.118. The highest BCUT2D eigenvalue weighted by atomic mass is 32.1. The second-order valence-corrected chi connectivity index (χ2v) is 8.69. The van der Waals surface area contributed by atoms with Crippen LogP contribution in [0, 0.1) is 0 Å². The van der Waals surface area contributed by atoms with E-state index in [9.17, 15) is 14.4 Å². The zero-order valence-electron chi connectivity index (χ0n) is 15.7. The van der Waals surface area contributed by atoms with Crippen LogP contribution in [0.3, 0.4) is 0 Å². The molecule has 0 atom stereocenters. The smallest absolute Gasteiger partial charge is 0.332 e. The van der Waals surface area contributed by atoms with E-state index < -0.39 is 5.91 Å². The number of primary amides is 1. The molecule has 2 aliphatic rings. The fraction of sp³-hybridized carbons (Fsp3) is 0.632. The van der Waals surface area contributed by atoms with Gasteiger partial charge in [0.05, 0.1) is 5.39 Å². The van der Waals surface area contributed by atoms with Gasteiger partial charge in [0.1, 0.15) is 11.4 Å². The molecule has 1 amide bonds. The summed E-state index contributed by atoms with van der Waals surface area (Å²) in [6.07, 6.45) is 5.68. The van der Waals surface area contributed by atoms with Gasteiger partial charge in [-0.05, 0) is 31.4 Å². The molecule has 1 saturated carbocycles. The van der Waals surface area contributed by atoms with Crippen molar-refractivity contribution < 1.29 is 4.79 Å². The van der Waals surface area contributed by atoms with E-state index in [4.69, 9.17) is 5.73 Å². The van der Waals surface area contributed by atoms with Crippen molar-refractivity contribution in [1.29, 1.82) is 0 Å². The number of fused-ring (bicyclic) bond motifs is 3. The molecule has 1 aliphatic carbocycles. The summed E-state index contributed by atoms with van der Waals surface area (Å²) in [4.78, 5) is 42.3. The monoisotopic (exact) mass is 390 g/mol. The van der Waals surface area contributed by atoms with E-state index in [2.05, 4.69) is 11.8 Å². The predicted molar refractivity (Wildman–Crippen MR) is 106 cm³/mol. The van der Waals surface area contributed by atoms with Crippen LogP contribution < -0.4 is 17.0 Å². The Bertz CT molecular complexity index is 997. The summed E-state index contributed by atoms with van der Waals surface area (Å²) < 4.78 is 2.86. The summed E-state index contributed by atoms with van der Waals surface area (Å²) in [6.45, 7) is 4.59. The Kier molecular flexibility index (Phi) is 4.94. The molecule has 0 saturated heterocycles. The lowest BCUT2D eigenvalue weighted by atomic mass is 9.95. The first-order chi connectivity index (χ1) is 13.0. The van der Waals surface area contributed by atoms with Crippen molar-refractivity contribution in [2.75, 3.05) is 13.1 Å². The first kappa shape index (κ1) is 18.4. The topological polar surface area (TPSA) is 90.3 Å². The molecular formula is C19H26N4O3S. The summed E-state index contributed by atoms with van der Waals surface area (Å²) in [5.74, 6) is -0.561. The Labute approximate surface area is 161 Å². The Morgan fingerprint density at radius 2 is 1.96 bits per heavy atom. The maximum atomic E-state index is 13.4.